The normalized spacial score (nSPS) is 15.3. The lowest BCUT2D eigenvalue weighted by molar-refractivity contribution is 0.179. The summed E-state index contributed by atoms with van der Waals surface area (Å²) in [6.07, 6.45) is 1.67. The van der Waals surface area contributed by atoms with Crippen LogP contribution in [-0.2, 0) is 4.74 Å². The summed E-state index contributed by atoms with van der Waals surface area (Å²) in [4.78, 5) is 5.18. The molecule has 1 unspecified atom stereocenters. The quantitative estimate of drug-likeness (QED) is 0.256. The summed E-state index contributed by atoms with van der Waals surface area (Å²) in [7, 11) is 0. The van der Waals surface area contributed by atoms with E-state index in [0.717, 1.165) is 61.2 Å². The summed E-state index contributed by atoms with van der Waals surface area (Å²) in [6.45, 7) is 2.10. The van der Waals surface area contributed by atoms with Crippen LogP contribution in [0.4, 0.5) is 0 Å². The number of furan rings is 1. The Morgan fingerprint density at radius 3 is 2.32 bits per heavy atom. The molecule has 1 aliphatic rings. The molecule has 0 spiro atoms. The smallest absolute Gasteiger partial charge is 0.183 e. The Morgan fingerprint density at radius 1 is 0.735 bits per heavy atom. The minimum atomic E-state index is -0.383. The van der Waals surface area contributed by atoms with E-state index < -0.39 is 0 Å². The first-order valence-corrected chi connectivity index (χ1v) is 11.5. The molecule has 3 heterocycles. The Labute approximate surface area is 196 Å². The van der Waals surface area contributed by atoms with E-state index in [1.165, 1.54) is 5.39 Å². The van der Waals surface area contributed by atoms with Crippen LogP contribution in [0.3, 0.4) is 0 Å². The number of para-hydroxylation sites is 1. The van der Waals surface area contributed by atoms with Crippen LogP contribution < -0.4 is 0 Å². The summed E-state index contributed by atoms with van der Waals surface area (Å²) >= 11 is 0. The van der Waals surface area contributed by atoms with Gasteiger partial charge in [0.25, 0.3) is 0 Å². The molecule has 1 aliphatic heterocycles. The first kappa shape index (κ1) is 19.1. The van der Waals surface area contributed by atoms with E-state index in [9.17, 15) is 0 Å². The fourth-order valence-corrected chi connectivity index (χ4v) is 5.01. The van der Waals surface area contributed by atoms with Gasteiger partial charge in [-0.25, -0.2) is 4.98 Å². The van der Waals surface area contributed by atoms with E-state index in [4.69, 9.17) is 14.1 Å². The predicted octanol–water partition coefficient (Wildman–Crippen LogP) is 8.06. The molecule has 0 bridgehead atoms. The molecule has 162 valence electrons. The maximum absolute atomic E-state index is 6.66. The minimum absolute atomic E-state index is 0.383. The van der Waals surface area contributed by atoms with E-state index in [1.807, 2.05) is 36.4 Å². The van der Waals surface area contributed by atoms with Gasteiger partial charge in [0.15, 0.2) is 11.9 Å². The van der Waals surface area contributed by atoms with E-state index in [0.29, 0.717) is 0 Å². The first-order chi connectivity index (χ1) is 16.8. The molecule has 0 aliphatic carbocycles. The molecular weight excluding hydrogens is 418 g/mol. The Balaban J connectivity index is 1.51. The average molecular weight is 440 g/mol. The predicted molar refractivity (Wildman–Crippen MR) is 137 cm³/mol. The standard InChI is InChI=1S/C31H21NO2/c1-19-23-12-7-8-14-27(23)33-30(19)31-25-17-22-16-15-20-9-5-6-13-24(20)29(22)32-26(25)18-28(34-31)21-10-3-2-4-11-21/h2-18,31H,1H3. The maximum atomic E-state index is 6.66. The summed E-state index contributed by atoms with van der Waals surface area (Å²) in [5.74, 6) is 1.62. The van der Waals surface area contributed by atoms with Crippen molar-refractivity contribution in [1.82, 2.24) is 4.98 Å². The molecule has 3 nitrogen and oxygen atoms in total. The van der Waals surface area contributed by atoms with Crippen molar-refractivity contribution in [3.8, 4) is 0 Å². The molecule has 0 N–H and O–H groups in total. The molecule has 0 saturated carbocycles. The van der Waals surface area contributed by atoms with Gasteiger partial charge in [-0.3, -0.25) is 0 Å². The van der Waals surface area contributed by atoms with Gasteiger partial charge in [0.05, 0.1) is 11.2 Å². The maximum Gasteiger partial charge on any atom is 0.183 e. The number of aromatic nitrogens is 1. The number of rotatable bonds is 2. The largest absolute Gasteiger partial charge is 0.477 e. The van der Waals surface area contributed by atoms with Gasteiger partial charge < -0.3 is 9.15 Å². The highest BCUT2D eigenvalue weighted by atomic mass is 16.5. The highest BCUT2D eigenvalue weighted by Crippen LogP contribution is 2.43. The number of hydrogen-bond acceptors (Lipinski definition) is 3. The van der Waals surface area contributed by atoms with Crippen molar-refractivity contribution in [1.29, 1.82) is 0 Å². The number of ether oxygens (including phenoxy) is 1. The highest BCUT2D eigenvalue weighted by Gasteiger charge is 2.31. The number of nitrogens with zero attached hydrogens (tertiary/aromatic N) is 1. The lowest BCUT2D eigenvalue weighted by atomic mass is 9.95. The third-order valence-corrected chi connectivity index (χ3v) is 6.74. The first-order valence-electron chi connectivity index (χ1n) is 11.5. The zero-order valence-electron chi connectivity index (χ0n) is 18.7. The number of hydrogen-bond donors (Lipinski definition) is 0. The van der Waals surface area contributed by atoms with Crippen LogP contribution in [0.1, 0.15) is 34.2 Å². The van der Waals surface area contributed by atoms with Crippen LogP contribution in [0.15, 0.2) is 101 Å². The van der Waals surface area contributed by atoms with Gasteiger partial charge in [0.2, 0.25) is 0 Å². The molecule has 0 amide bonds. The molecule has 3 heteroatoms. The van der Waals surface area contributed by atoms with Gasteiger partial charge in [-0.2, -0.15) is 0 Å². The third kappa shape index (κ3) is 2.87. The lowest BCUT2D eigenvalue weighted by Gasteiger charge is -2.26. The van der Waals surface area contributed by atoms with Crippen molar-refractivity contribution >= 4 is 44.5 Å². The van der Waals surface area contributed by atoms with Gasteiger partial charge in [-0.1, -0.05) is 84.9 Å². The Bertz CT molecular complexity index is 1740. The summed E-state index contributed by atoms with van der Waals surface area (Å²) < 4.78 is 13.0. The van der Waals surface area contributed by atoms with Crippen LogP contribution in [-0.4, -0.2) is 4.98 Å². The fraction of sp³-hybridized carbons (Fsp3) is 0.0645. The van der Waals surface area contributed by atoms with Gasteiger partial charge in [-0.05, 0) is 24.4 Å². The molecule has 7 rings (SSSR count). The molecule has 2 aromatic heterocycles. The van der Waals surface area contributed by atoms with E-state index in [1.54, 1.807) is 0 Å². The van der Waals surface area contributed by atoms with E-state index in [2.05, 4.69) is 73.7 Å². The number of benzene rings is 4. The van der Waals surface area contributed by atoms with E-state index in [-0.39, 0.29) is 6.10 Å². The van der Waals surface area contributed by atoms with Crippen molar-refractivity contribution in [3.05, 3.63) is 125 Å². The summed E-state index contributed by atoms with van der Waals surface area (Å²) in [5, 5.41) is 4.54. The van der Waals surface area contributed by atoms with Crippen LogP contribution in [0.5, 0.6) is 0 Å². The fourth-order valence-electron chi connectivity index (χ4n) is 5.01. The second-order valence-electron chi connectivity index (χ2n) is 8.78. The molecule has 6 aromatic rings. The van der Waals surface area contributed by atoms with Gasteiger partial charge in [0.1, 0.15) is 11.3 Å². The third-order valence-electron chi connectivity index (χ3n) is 6.74. The average Bonchev–Trinajstić information content (AvgIpc) is 3.23. The van der Waals surface area contributed by atoms with Crippen LogP contribution in [0.25, 0.3) is 44.5 Å². The van der Waals surface area contributed by atoms with Crippen molar-refractivity contribution in [2.24, 2.45) is 0 Å². The molecule has 34 heavy (non-hydrogen) atoms. The van der Waals surface area contributed by atoms with Gasteiger partial charge >= 0.3 is 0 Å². The molecular formula is C31H21NO2. The number of fused-ring (bicyclic) bond motifs is 5. The summed E-state index contributed by atoms with van der Waals surface area (Å²) in [5.41, 5.74) is 5.92. The van der Waals surface area contributed by atoms with Crippen LogP contribution in [0.2, 0.25) is 0 Å². The van der Waals surface area contributed by atoms with Crippen LogP contribution in [0, 0.1) is 6.92 Å². The zero-order valence-corrected chi connectivity index (χ0v) is 18.7. The second-order valence-corrected chi connectivity index (χ2v) is 8.78. The monoisotopic (exact) mass is 439 g/mol. The van der Waals surface area contributed by atoms with Gasteiger partial charge in [-0.15, -0.1) is 0 Å². The van der Waals surface area contributed by atoms with Crippen molar-refractivity contribution in [3.63, 3.8) is 0 Å². The number of aryl methyl sites for hydroxylation is 1. The topological polar surface area (TPSA) is 35.3 Å². The number of pyridine rings is 1. The van der Waals surface area contributed by atoms with Crippen molar-refractivity contribution in [2.45, 2.75) is 13.0 Å². The molecule has 1 atom stereocenters. The second kappa shape index (κ2) is 7.32. The van der Waals surface area contributed by atoms with Crippen LogP contribution >= 0.6 is 0 Å². The summed E-state index contributed by atoms with van der Waals surface area (Å²) in [6, 6.07) is 33.2. The van der Waals surface area contributed by atoms with Crippen molar-refractivity contribution in [2.75, 3.05) is 0 Å². The Morgan fingerprint density at radius 2 is 1.47 bits per heavy atom. The minimum Gasteiger partial charge on any atom is -0.477 e. The van der Waals surface area contributed by atoms with Gasteiger partial charge in [0, 0.05) is 38.9 Å². The Kier molecular flexibility index (Phi) is 4.12. The molecule has 0 fully saturated rings. The zero-order chi connectivity index (χ0) is 22.6. The SMILES string of the molecule is Cc1c(C2OC(c3ccccc3)=Cc3nc4c(ccc5ccccc54)cc32)oc2ccccc12. The molecule has 0 saturated heterocycles. The van der Waals surface area contributed by atoms with Crippen molar-refractivity contribution < 1.29 is 9.15 Å². The highest BCUT2D eigenvalue weighted by molar-refractivity contribution is 6.06. The molecule has 4 aromatic carbocycles. The van der Waals surface area contributed by atoms with E-state index >= 15 is 0 Å². The molecule has 0 radical (unpaired) electrons. The Hall–Kier alpha value is -4.37. The lowest BCUT2D eigenvalue weighted by Crippen LogP contribution is -2.13.